The normalized spacial score (nSPS) is 11.6. The molecular weight excluding hydrogens is 248 g/mol. The van der Waals surface area contributed by atoms with Crippen LogP contribution in [0.4, 0.5) is 0 Å². The van der Waals surface area contributed by atoms with Crippen LogP contribution in [0.3, 0.4) is 0 Å². The molecule has 18 heavy (non-hydrogen) atoms. The highest BCUT2D eigenvalue weighted by Crippen LogP contribution is 2.27. The summed E-state index contributed by atoms with van der Waals surface area (Å²) >= 11 is 6.19. The molecule has 0 fully saturated rings. The minimum absolute atomic E-state index is 0.237. The summed E-state index contributed by atoms with van der Waals surface area (Å²) in [6.45, 7) is 10.1. The van der Waals surface area contributed by atoms with Crippen molar-refractivity contribution in [2.45, 2.75) is 52.7 Å². The van der Waals surface area contributed by atoms with E-state index in [2.05, 4.69) is 24.1 Å². The molecule has 0 amide bonds. The lowest BCUT2D eigenvalue weighted by atomic mass is 10.1. The van der Waals surface area contributed by atoms with Gasteiger partial charge in [0.25, 0.3) is 0 Å². The van der Waals surface area contributed by atoms with Gasteiger partial charge >= 0.3 is 0 Å². The predicted octanol–water partition coefficient (Wildman–Crippen LogP) is 3.80. The number of rotatable bonds is 7. The van der Waals surface area contributed by atoms with Gasteiger partial charge in [0.1, 0.15) is 10.6 Å². The Bertz CT molecular complexity index is 380. The van der Waals surface area contributed by atoms with E-state index in [0.29, 0.717) is 10.9 Å². The van der Waals surface area contributed by atoms with Crippen molar-refractivity contribution in [3.05, 3.63) is 22.8 Å². The van der Waals surface area contributed by atoms with Crippen LogP contribution in [0.1, 0.15) is 46.1 Å². The molecule has 0 bridgehead atoms. The molecule has 0 aliphatic heterocycles. The van der Waals surface area contributed by atoms with E-state index in [1.54, 1.807) is 0 Å². The molecule has 0 radical (unpaired) electrons. The van der Waals surface area contributed by atoms with Gasteiger partial charge in [-0.3, -0.25) is 0 Å². The lowest BCUT2D eigenvalue weighted by Crippen LogP contribution is -2.27. The Hall–Kier alpha value is -0.800. The quantitative estimate of drug-likeness (QED) is 0.765. The summed E-state index contributed by atoms with van der Waals surface area (Å²) in [6.07, 6.45) is 3.84. The Morgan fingerprint density at radius 1 is 1.39 bits per heavy atom. The number of nitrogens with one attached hydrogen (secondary N) is 1. The maximum atomic E-state index is 6.19. The number of pyridine rings is 1. The number of hydrogen-bond acceptors (Lipinski definition) is 3. The molecule has 1 aromatic rings. The fourth-order valence-corrected chi connectivity index (χ4v) is 1.61. The first kappa shape index (κ1) is 15.3. The molecule has 1 aromatic heterocycles. The van der Waals surface area contributed by atoms with E-state index in [-0.39, 0.29) is 5.60 Å². The fraction of sp³-hybridized carbons (Fsp3) is 0.643. The zero-order valence-electron chi connectivity index (χ0n) is 11.7. The molecule has 3 nitrogen and oxygen atoms in total. The second-order valence-corrected chi connectivity index (χ2v) is 5.43. The van der Waals surface area contributed by atoms with Crippen LogP contribution in [0.2, 0.25) is 5.02 Å². The molecule has 0 aromatic carbocycles. The topological polar surface area (TPSA) is 34.2 Å². The van der Waals surface area contributed by atoms with Crippen LogP contribution in [0, 0.1) is 0 Å². The van der Waals surface area contributed by atoms with Gasteiger partial charge < -0.3 is 10.1 Å². The molecule has 0 spiro atoms. The summed E-state index contributed by atoms with van der Waals surface area (Å²) in [4.78, 5) is 4.30. The lowest BCUT2D eigenvalue weighted by molar-refractivity contribution is 0.0991. The van der Waals surface area contributed by atoms with Crippen LogP contribution < -0.4 is 10.1 Å². The van der Waals surface area contributed by atoms with Crippen LogP contribution in [0.15, 0.2) is 12.3 Å². The van der Waals surface area contributed by atoms with Gasteiger partial charge in [0, 0.05) is 12.7 Å². The van der Waals surface area contributed by atoms with Crippen molar-refractivity contribution in [1.82, 2.24) is 10.3 Å². The standard InChI is InChI=1S/C14H23ClN2O/c1-5-7-16-9-11-8-12(15)13(17-10-11)18-14(3,4)6-2/h8,10,16H,5-7,9H2,1-4H3. The van der Waals surface area contributed by atoms with Crippen molar-refractivity contribution in [1.29, 1.82) is 0 Å². The monoisotopic (exact) mass is 270 g/mol. The molecule has 0 aliphatic rings. The van der Waals surface area contributed by atoms with Crippen molar-refractivity contribution in [3.8, 4) is 5.88 Å². The van der Waals surface area contributed by atoms with Crippen molar-refractivity contribution in [3.63, 3.8) is 0 Å². The minimum atomic E-state index is -0.237. The predicted molar refractivity (Wildman–Crippen MR) is 76.2 cm³/mol. The minimum Gasteiger partial charge on any atom is -0.471 e. The van der Waals surface area contributed by atoms with E-state index in [9.17, 15) is 0 Å². The summed E-state index contributed by atoms with van der Waals surface area (Å²) in [5, 5.41) is 3.89. The Balaban J connectivity index is 2.67. The highest BCUT2D eigenvalue weighted by atomic mass is 35.5. The van der Waals surface area contributed by atoms with E-state index >= 15 is 0 Å². The van der Waals surface area contributed by atoms with Crippen LogP contribution in [0.25, 0.3) is 0 Å². The molecule has 1 rings (SSSR count). The first-order valence-electron chi connectivity index (χ1n) is 6.52. The largest absolute Gasteiger partial charge is 0.471 e. The Morgan fingerprint density at radius 2 is 2.11 bits per heavy atom. The van der Waals surface area contributed by atoms with E-state index in [4.69, 9.17) is 16.3 Å². The maximum absolute atomic E-state index is 6.19. The zero-order valence-corrected chi connectivity index (χ0v) is 12.5. The third-order valence-corrected chi connectivity index (χ3v) is 3.12. The fourth-order valence-electron chi connectivity index (χ4n) is 1.38. The van der Waals surface area contributed by atoms with Crippen molar-refractivity contribution < 1.29 is 4.74 Å². The van der Waals surface area contributed by atoms with E-state index in [1.807, 2.05) is 26.1 Å². The van der Waals surface area contributed by atoms with Crippen LogP contribution in [0.5, 0.6) is 5.88 Å². The molecule has 0 aliphatic carbocycles. The molecule has 0 saturated carbocycles. The number of aromatic nitrogens is 1. The molecule has 0 saturated heterocycles. The third kappa shape index (κ3) is 4.83. The van der Waals surface area contributed by atoms with Gasteiger partial charge in [-0.05, 0) is 44.9 Å². The molecule has 102 valence electrons. The van der Waals surface area contributed by atoms with E-state index < -0.39 is 0 Å². The molecule has 0 atom stereocenters. The lowest BCUT2D eigenvalue weighted by Gasteiger charge is -2.24. The molecular formula is C14H23ClN2O. The number of ether oxygens (including phenoxy) is 1. The van der Waals surface area contributed by atoms with Crippen molar-refractivity contribution in [2.24, 2.45) is 0 Å². The van der Waals surface area contributed by atoms with E-state index in [1.165, 1.54) is 0 Å². The molecule has 1 heterocycles. The zero-order chi connectivity index (χ0) is 13.6. The van der Waals surface area contributed by atoms with E-state index in [0.717, 1.165) is 31.5 Å². The van der Waals surface area contributed by atoms with Crippen LogP contribution in [-0.4, -0.2) is 17.1 Å². The highest BCUT2D eigenvalue weighted by molar-refractivity contribution is 6.31. The first-order chi connectivity index (χ1) is 8.48. The Kier molecular flexibility index (Phi) is 5.89. The average molecular weight is 271 g/mol. The molecule has 1 N–H and O–H groups in total. The number of hydrogen-bond donors (Lipinski definition) is 1. The van der Waals surface area contributed by atoms with Gasteiger partial charge in [0.15, 0.2) is 0 Å². The van der Waals surface area contributed by atoms with Gasteiger partial charge in [-0.1, -0.05) is 25.4 Å². The van der Waals surface area contributed by atoms with Gasteiger partial charge in [0.05, 0.1) is 0 Å². The van der Waals surface area contributed by atoms with Gasteiger partial charge in [-0.15, -0.1) is 0 Å². The summed E-state index contributed by atoms with van der Waals surface area (Å²) in [7, 11) is 0. The third-order valence-electron chi connectivity index (χ3n) is 2.84. The smallest absolute Gasteiger partial charge is 0.233 e. The SMILES string of the molecule is CCCNCc1cnc(OC(C)(C)CC)c(Cl)c1. The summed E-state index contributed by atoms with van der Waals surface area (Å²) in [5.41, 5.74) is 0.841. The van der Waals surface area contributed by atoms with Gasteiger partial charge in [-0.2, -0.15) is 0 Å². The highest BCUT2D eigenvalue weighted by Gasteiger charge is 2.19. The van der Waals surface area contributed by atoms with Gasteiger partial charge in [0.2, 0.25) is 5.88 Å². The Morgan fingerprint density at radius 3 is 2.67 bits per heavy atom. The van der Waals surface area contributed by atoms with Crippen molar-refractivity contribution in [2.75, 3.05) is 6.54 Å². The summed E-state index contributed by atoms with van der Waals surface area (Å²) < 4.78 is 5.80. The Labute approximate surface area is 115 Å². The maximum Gasteiger partial charge on any atom is 0.233 e. The van der Waals surface area contributed by atoms with Crippen LogP contribution in [-0.2, 0) is 6.54 Å². The summed E-state index contributed by atoms with van der Waals surface area (Å²) in [5.74, 6) is 0.516. The molecule has 4 heteroatoms. The second-order valence-electron chi connectivity index (χ2n) is 5.02. The number of nitrogens with zero attached hydrogens (tertiary/aromatic N) is 1. The summed E-state index contributed by atoms with van der Waals surface area (Å²) in [6, 6.07) is 1.91. The van der Waals surface area contributed by atoms with Crippen molar-refractivity contribution >= 4 is 11.6 Å². The molecule has 0 unspecified atom stereocenters. The number of halogens is 1. The average Bonchev–Trinajstić information content (AvgIpc) is 2.33. The first-order valence-corrected chi connectivity index (χ1v) is 6.90. The van der Waals surface area contributed by atoms with Gasteiger partial charge in [-0.25, -0.2) is 4.98 Å². The second kappa shape index (κ2) is 6.95. The van der Waals surface area contributed by atoms with Crippen LogP contribution >= 0.6 is 11.6 Å².